The SMILES string of the molecule is CS(=O)(=O)N[C@H]1CN=C(c2cncc(N)c2)NC1=O.Cc1ccc(OCC2=N[C@@]3(C)CCC[C@H]3C(=O)N2)cc1.O=C1NC(C2CCNC2)=NCC1Cc1ccccc1Cl. The number of carbonyl (C=O) groups is 3. The highest BCUT2D eigenvalue weighted by Crippen LogP contribution is 2.40. The molecule has 8 rings (SSSR count). The van der Waals surface area contributed by atoms with Gasteiger partial charge in [-0.05, 0) is 75.9 Å². The lowest BCUT2D eigenvalue weighted by atomic mass is 9.87. The van der Waals surface area contributed by atoms with Gasteiger partial charge in [0.05, 0.1) is 42.4 Å². The molecule has 5 aliphatic rings. The van der Waals surface area contributed by atoms with E-state index in [0.29, 0.717) is 48.4 Å². The molecule has 3 aromatic rings. The number of nitrogens with two attached hydrogens (primary N) is 1. The molecule has 5 atom stereocenters. The summed E-state index contributed by atoms with van der Waals surface area (Å²) in [6.07, 6.45) is 8.67. The van der Waals surface area contributed by atoms with Crippen molar-refractivity contribution in [3.63, 3.8) is 0 Å². The molecule has 2 fully saturated rings. The molecule has 3 amide bonds. The molecular weight excluding hydrogens is 796 g/mol. The van der Waals surface area contributed by atoms with Crippen LogP contribution >= 0.6 is 11.6 Å². The average Bonchev–Trinajstić information content (AvgIpc) is 3.88. The Labute approximate surface area is 349 Å². The Kier molecular flexibility index (Phi) is 14.1. The Balaban J connectivity index is 0.000000149. The number of ether oxygens (including phenoxy) is 1. The number of amides is 3. The fourth-order valence-electron chi connectivity index (χ4n) is 7.49. The van der Waals surface area contributed by atoms with Gasteiger partial charge in [-0.1, -0.05) is 53.9 Å². The predicted octanol–water partition coefficient (Wildman–Crippen LogP) is 2.56. The molecule has 1 saturated heterocycles. The second-order valence-corrected chi connectivity index (χ2v) is 17.7. The zero-order chi connectivity index (χ0) is 42.2. The van der Waals surface area contributed by atoms with E-state index in [1.807, 2.05) is 55.5 Å². The topological polar surface area (TPSA) is 231 Å². The number of nitrogens with one attached hydrogen (secondary N) is 5. The lowest BCUT2D eigenvalue weighted by Gasteiger charge is -2.32. The van der Waals surface area contributed by atoms with E-state index < -0.39 is 22.0 Å². The number of hydrogen-bond donors (Lipinski definition) is 6. The summed E-state index contributed by atoms with van der Waals surface area (Å²) in [5.74, 6) is 2.62. The maximum atomic E-state index is 12.2. The van der Waals surface area contributed by atoms with Gasteiger partial charge in [-0.2, -0.15) is 0 Å². The first-order chi connectivity index (χ1) is 28.2. The van der Waals surface area contributed by atoms with Crippen LogP contribution in [0, 0.1) is 24.7 Å². The Morgan fingerprint density at radius 2 is 1.75 bits per heavy atom. The van der Waals surface area contributed by atoms with Gasteiger partial charge in [-0.25, -0.2) is 13.1 Å². The summed E-state index contributed by atoms with van der Waals surface area (Å²) in [6.45, 7) is 6.94. The van der Waals surface area contributed by atoms with Crippen molar-refractivity contribution in [2.75, 3.05) is 44.8 Å². The predicted molar refractivity (Wildman–Crippen MR) is 228 cm³/mol. The maximum absolute atomic E-state index is 12.2. The summed E-state index contributed by atoms with van der Waals surface area (Å²) < 4.78 is 30.1. The molecule has 314 valence electrons. The number of nitrogens with zero attached hydrogens (tertiary/aromatic N) is 4. The average molecular weight is 847 g/mol. The van der Waals surface area contributed by atoms with Gasteiger partial charge >= 0.3 is 0 Å². The molecule has 4 aliphatic heterocycles. The second kappa shape index (κ2) is 19.2. The second-order valence-electron chi connectivity index (χ2n) is 15.5. The van der Waals surface area contributed by atoms with E-state index in [2.05, 4.69) is 47.9 Å². The van der Waals surface area contributed by atoms with Crippen LogP contribution in [-0.4, -0.2) is 99.3 Å². The Morgan fingerprint density at radius 3 is 2.42 bits per heavy atom. The summed E-state index contributed by atoms with van der Waals surface area (Å²) in [4.78, 5) is 53.4. The van der Waals surface area contributed by atoms with Crippen LogP contribution in [0.3, 0.4) is 0 Å². The number of aromatic nitrogens is 1. The molecule has 2 aromatic carbocycles. The van der Waals surface area contributed by atoms with Gasteiger partial charge in [0.25, 0.3) is 0 Å². The van der Waals surface area contributed by atoms with Crippen LogP contribution in [0.2, 0.25) is 5.02 Å². The number of rotatable bonds is 9. The van der Waals surface area contributed by atoms with Crippen molar-refractivity contribution in [2.45, 2.75) is 57.5 Å². The first kappa shape index (κ1) is 43.4. The third-order valence-electron chi connectivity index (χ3n) is 10.7. The molecule has 1 aliphatic carbocycles. The van der Waals surface area contributed by atoms with E-state index in [1.54, 1.807) is 6.07 Å². The minimum Gasteiger partial charge on any atom is -0.486 e. The van der Waals surface area contributed by atoms with E-state index in [-0.39, 0.29) is 35.7 Å². The fourth-order valence-corrected chi connectivity index (χ4v) is 8.40. The van der Waals surface area contributed by atoms with Crippen molar-refractivity contribution in [1.29, 1.82) is 0 Å². The maximum Gasteiger partial charge on any atom is 0.245 e. The number of nitrogen functional groups attached to an aromatic ring is 1. The number of aliphatic imine (C=N–C) groups is 3. The molecule has 1 saturated carbocycles. The summed E-state index contributed by atoms with van der Waals surface area (Å²) in [5, 5.41) is 12.4. The fraction of sp³-hybridized carbons (Fsp3) is 0.439. The van der Waals surface area contributed by atoms with E-state index in [0.717, 1.165) is 67.2 Å². The van der Waals surface area contributed by atoms with Gasteiger partial charge in [0.15, 0.2) is 0 Å². The molecule has 0 spiro atoms. The van der Waals surface area contributed by atoms with Crippen LogP contribution in [0.4, 0.5) is 5.69 Å². The highest BCUT2D eigenvalue weighted by Gasteiger charge is 2.46. The zero-order valence-electron chi connectivity index (χ0n) is 33.3. The summed E-state index contributed by atoms with van der Waals surface area (Å²) in [7, 11) is -3.46. The third-order valence-corrected chi connectivity index (χ3v) is 11.7. The minimum atomic E-state index is -3.46. The van der Waals surface area contributed by atoms with Gasteiger partial charge in [0.1, 0.15) is 35.9 Å². The number of sulfonamides is 1. The van der Waals surface area contributed by atoms with Crippen molar-refractivity contribution in [2.24, 2.45) is 32.7 Å². The third kappa shape index (κ3) is 11.9. The van der Waals surface area contributed by atoms with E-state index in [1.165, 1.54) is 18.0 Å². The molecule has 59 heavy (non-hydrogen) atoms. The van der Waals surface area contributed by atoms with Gasteiger partial charge in [-0.3, -0.25) is 34.3 Å². The van der Waals surface area contributed by atoms with Crippen LogP contribution in [-0.2, 0) is 30.8 Å². The molecule has 0 bridgehead atoms. The van der Waals surface area contributed by atoms with Crippen LogP contribution in [0.15, 0.2) is 82.0 Å². The Morgan fingerprint density at radius 1 is 0.966 bits per heavy atom. The number of aryl methyl sites for hydroxylation is 1. The highest BCUT2D eigenvalue weighted by molar-refractivity contribution is 7.88. The summed E-state index contributed by atoms with van der Waals surface area (Å²) >= 11 is 6.15. The molecule has 7 N–H and O–H groups in total. The number of fused-ring (bicyclic) bond motifs is 1. The number of hydrogen-bond acceptors (Lipinski definition) is 12. The van der Waals surface area contributed by atoms with Crippen molar-refractivity contribution in [3.8, 4) is 5.75 Å². The number of amidine groups is 3. The van der Waals surface area contributed by atoms with E-state index in [9.17, 15) is 22.8 Å². The van der Waals surface area contributed by atoms with Crippen LogP contribution < -0.4 is 36.5 Å². The van der Waals surface area contributed by atoms with Gasteiger partial charge in [0.2, 0.25) is 27.7 Å². The smallest absolute Gasteiger partial charge is 0.245 e. The largest absolute Gasteiger partial charge is 0.486 e. The number of pyridine rings is 1. The molecule has 5 heterocycles. The molecule has 2 unspecified atom stereocenters. The zero-order valence-corrected chi connectivity index (χ0v) is 34.9. The number of carbonyl (C=O) groups excluding carboxylic acids is 3. The Bertz CT molecular complexity index is 2230. The lowest BCUT2D eigenvalue weighted by Crippen LogP contribution is -2.53. The van der Waals surface area contributed by atoms with E-state index in [4.69, 9.17) is 27.1 Å². The van der Waals surface area contributed by atoms with Crippen LogP contribution in [0.1, 0.15) is 49.3 Å². The normalized spacial score (nSPS) is 24.9. The van der Waals surface area contributed by atoms with Crippen molar-refractivity contribution < 1.29 is 27.5 Å². The van der Waals surface area contributed by atoms with E-state index >= 15 is 0 Å². The van der Waals surface area contributed by atoms with Crippen molar-refractivity contribution in [3.05, 3.63) is 88.7 Å². The standard InChI is InChI=1S/C16H20N2O2.C15H18ClN3O.C10H13N5O3S/c1-11-5-7-12(8-6-11)20-10-14-17-15(19)13-4-3-9-16(13,2)18-14;16-13-4-2-1-3-10(13)7-12-9-18-14(19-15(12)20)11-5-6-17-8-11;1-19(17,18)15-8-5-13-9(14-10(8)16)6-2-7(11)4-12-3-6/h5-8,13H,3-4,9-10H2,1-2H3,(H,17,18,19);1-4,11-12,17H,5-9H2,(H,18,19,20);2-4,8,15H,5,11H2,1H3,(H,13,14,16)/t13-,16-;;8-/m0.0/s1. The minimum absolute atomic E-state index is 0.0308. The number of anilines is 1. The first-order valence-electron chi connectivity index (χ1n) is 19.6. The molecule has 1 aromatic heterocycles. The molecule has 0 radical (unpaired) electrons. The first-order valence-corrected chi connectivity index (χ1v) is 21.8. The number of benzene rings is 2. The number of halogens is 1. The van der Waals surface area contributed by atoms with Crippen LogP contribution in [0.5, 0.6) is 5.75 Å². The van der Waals surface area contributed by atoms with Gasteiger partial charge < -0.3 is 31.7 Å². The summed E-state index contributed by atoms with van der Waals surface area (Å²) in [5.41, 5.74) is 8.59. The van der Waals surface area contributed by atoms with Gasteiger partial charge in [-0.15, -0.1) is 0 Å². The van der Waals surface area contributed by atoms with Crippen LogP contribution in [0.25, 0.3) is 0 Å². The summed E-state index contributed by atoms with van der Waals surface area (Å²) in [6, 6.07) is 16.3. The Hall–Kier alpha value is -5.23. The highest BCUT2D eigenvalue weighted by atomic mass is 35.5. The van der Waals surface area contributed by atoms with Crippen molar-refractivity contribution in [1.82, 2.24) is 31.0 Å². The van der Waals surface area contributed by atoms with Gasteiger partial charge in [0, 0.05) is 35.4 Å². The molecule has 18 heteroatoms. The molecule has 16 nitrogen and oxygen atoms in total. The molecular formula is C41H51ClN10O6S. The monoisotopic (exact) mass is 846 g/mol. The quantitative estimate of drug-likeness (QED) is 0.186. The van der Waals surface area contributed by atoms with Crippen molar-refractivity contribution >= 4 is 62.5 Å². The lowest BCUT2D eigenvalue weighted by molar-refractivity contribution is -0.125.